The lowest BCUT2D eigenvalue weighted by Gasteiger charge is -2.30. The lowest BCUT2D eigenvalue weighted by molar-refractivity contribution is 0.101. The SMILES string of the molecule is CC(=O)c1cc2cc3c4c(c2oc1=O)CC=CN4CC=C3. The molecule has 0 bridgehead atoms. The zero-order valence-electron chi connectivity index (χ0n) is 11.6. The summed E-state index contributed by atoms with van der Waals surface area (Å²) in [6, 6.07) is 3.62. The summed E-state index contributed by atoms with van der Waals surface area (Å²) in [5, 5.41) is 0.801. The van der Waals surface area contributed by atoms with Crippen LogP contribution in [0.3, 0.4) is 0 Å². The van der Waals surface area contributed by atoms with E-state index in [1.807, 2.05) is 6.07 Å². The first-order valence-electron chi connectivity index (χ1n) is 6.89. The molecule has 0 atom stereocenters. The molecular weight excluding hydrogens is 266 g/mol. The second-order valence-corrected chi connectivity index (χ2v) is 5.36. The molecule has 4 rings (SSSR count). The highest BCUT2D eigenvalue weighted by molar-refractivity contribution is 5.99. The van der Waals surface area contributed by atoms with Gasteiger partial charge in [0.15, 0.2) is 5.78 Å². The number of allylic oxidation sites excluding steroid dienone is 1. The molecule has 2 aliphatic rings. The van der Waals surface area contributed by atoms with Crippen LogP contribution in [0.15, 0.2) is 39.7 Å². The molecule has 0 saturated heterocycles. The number of carbonyl (C=O) groups excluding carboxylic acids is 1. The van der Waals surface area contributed by atoms with Gasteiger partial charge in [0.25, 0.3) is 0 Å². The van der Waals surface area contributed by atoms with Gasteiger partial charge in [0.2, 0.25) is 0 Å². The third-order valence-electron chi connectivity index (χ3n) is 3.99. The minimum atomic E-state index is -0.557. The standard InChI is InChI=1S/C17H13NO3/c1-10(19)14-9-12-8-11-4-2-6-18-7-3-5-13(15(11)18)16(12)21-17(14)20/h2-4,7-9H,5-6H2,1H3. The van der Waals surface area contributed by atoms with E-state index in [2.05, 4.69) is 29.3 Å². The van der Waals surface area contributed by atoms with Crippen molar-refractivity contribution in [2.24, 2.45) is 0 Å². The molecule has 2 aromatic rings. The van der Waals surface area contributed by atoms with Gasteiger partial charge in [-0.2, -0.15) is 0 Å². The highest BCUT2D eigenvalue weighted by Crippen LogP contribution is 2.38. The summed E-state index contributed by atoms with van der Waals surface area (Å²) in [6.07, 6.45) is 9.02. The van der Waals surface area contributed by atoms with Gasteiger partial charge in [-0.25, -0.2) is 4.79 Å². The fourth-order valence-electron chi connectivity index (χ4n) is 3.07. The Balaban J connectivity index is 2.12. The van der Waals surface area contributed by atoms with Crippen LogP contribution < -0.4 is 10.5 Å². The van der Waals surface area contributed by atoms with Gasteiger partial charge in [-0.05, 0) is 31.0 Å². The predicted octanol–water partition coefficient (Wildman–Crippen LogP) is 2.90. The molecule has 4 heteroatoms. The first-order valence-corrected chi connectivity index (χ1v) is 6.89. The van der Waals surface area contributed by atoms with Crippen molar-refractivity contribution >= 4 is 28.5 Å². The molecule has 1 aromatic carbocycles. The second-order valence-electron chi connectivity index (χ2n) is 5.36. The van der Waals surface area contributed by atoms with E-state index in [0.29, 0.717) is 5.58 Å². The lowest BCUT2D eigenvalue weighted by atomic mass is 9.94. The summed E-state index contributed by atoms with van der Waals surface area (Å²) < 4.78 is 5.46. The summed E-state index contributed by atoms with van der Waals surface area (Å²) in [4.78, 5) is 25.6. The fourth-order valence-corrected chi connectivity index (χ4v) is 3.07. The molecule has 3 heterocycles. The fraction of sp³-hybridized carbons (Fsp3) is 0.176. The Bertz CT molecular complexity index is 902. The molecule has 4 nitrogen and oxygen atoms in total. The lowest BCUT2D eigenvalue weighted by Crippen LogP contribution is -2.24. The van der Waals surface area contributed by atoms with E-state index >= 15 is 0 Å². The highest BCUT2D eigenvalue weighted by atomic mass is 16.4. The van der Waals surface area contributed by atoms with Crippen LogP contribution in [-0.2, 0) is 6.42 Å². The number of rotatable bonds is 1. The van der Waals surface area contributed by atoms with E-state index in [1.54, 1.807) is 6.07 Å². The van der Waals surface area contributed by atoms with Crippen molar-refractivity contribution < 1.29 is 9.21 Å². The maximum Gasteiger partial charge on any atom is 0.347 e. The molecule has 104 valence electrons. The third-order valence-corrected chi connectivity index (χ3v) is 3.99. The molecule has 0 saturated carbocycles. The normalized spacial score (nSPS) is 15.4. The number of carbonyl (C=O) groups is 1. The third kappa shape index (κ3) is 1.69. The highest BCUT2D eigenvalue weighted by Gasteiger charge is 2.23. The predicted molar refractivity (Wildman–Crippen MR) is 81.7 cm³/mol. The molecule has 2 aliphatic heterocycles. The average Bonchev–Trinajstić information content (AvgIpc) is 2.48. The number of hydrogen-bond donors (Lipinski definition) is 0. The molecule has 0 unspecified atom stereocenters. The Morgan fingerprint density at radius 2 is 2.14 bits per heavy atom. The van der Waals surface area contributed by atoms with Crippen LogP contribution in [0.2, 0.25) is 0 Å². The number of benzene rings is 1. The summed E-state index contributed by atoms with van der Waals surface area (Å²) in [6.45, 7) is 2.20. The van der Waals surface area contributed by atoms with E-state index in [-0.39, 0.29) is 11.3 Å². The van der Waals surface area contributed by atoms with Gasteiger partial charge in [-0.15, -0.1) is 0 Å². The van der Waals surface area contributed by atoms with Crippen molar-refractivity contribution in [2.75, 3.05) is 11.4 Å². The van der Waals surface area contributed by atoms with Crippen LogP contribution >= 0.6 is 0 Å². The van der Waals surface area contributed by atoms with Gasteiger partial charge in [0.1, 0.15) is 11.1 Å². The van der Waals surface area contributed by atoms with E-state index < -0.39 is 5.63 Å². The van der Waals surface area contributed by atoms with Crippen LogP contribution in [0.5, 0.6) is 0 Å². The average molecular weight is 279 g/mol. The summed E-state index contributed by atoms with van der Waals surface area (Å²) in [5.41, 5.74) is 3.36. The van der Waals surface area contributed by atoms with Crippen molar-refractivity contribution in [2.45, 2.75) is 13.3 Å². The van der Waals surface area contributed by atoms with Gasteiger partial charge in [0, 0.05) is 23.7 Å². The Labute approximate surface area is 121 Å². The molecular formula is C17H13NO3. The zero-order chi connectivity index (χ0) is 14.6. The number of nitrogens with zero attached hydrogens (tertiary/aromatic N) is 1. The monoisotopic (exact) mass is 279 g/mol. The first kappa shape index (κ1) is 12.1. The van der Waals surface area contributed by atoms with Gasteiger partial charge in [0.05, 0.1) is 5.69 Å². The number of anilines is 1. The molecule has 0 aliphatic carbocycles. The van der Waals surface area contributed by atoms with Crippen LogP contribution in [0.25, 0.3) is 17.0 Å². The van der Waals surface area contributed by atoms with Crippen LogP contribution in [-0.4, -0.2) is 12.3 Å². The minimum absolute atomic E-state index is 0.109. The molecule has 0 N–H and O–H groups in total. The van der Waals surface area contributed by atoms with Crippen molar-refractivity contribution in [1.82, 2.24) is 0 Å². The van der Waals surface area contributed by atoms with Gasteiger partial charge in [-0.1, -0.05) is 18.2 Å². The smallest absolute Gasteiger partial charge is 0.347 e. The molecule has 0 amide bonds. The molecule has 21 heavy (non-hydrogen) atoms. The number of ketones is 1. The number of Topliss-reactive ketones (excluding diaryl/α,β-unsaturated/α-hetero) is 1. The van der Waals surface area contributed by atoms with Crippen molar-refractivity contribution in [3.63, 3.8) is 0 Å². The quantitative estimate of drug-likeness (QED) is 0.595. The maximum atomic E-state index is 12.0. The summed E-state index contributed by atoms with van der Waals surface area (Å²) >= 11 is 0. The number of hydrogen-bond acceptors (Lipinski definition) is 4. The topological polar surface area (TPSA) is 50.5 Å². The first-order chi connectivity index (χ1) is 10.1. The Hall–Kier alpha value is -2.62. The summed E-state index contributed by atoms with van der Waals surface area (Å²) in [5.74, 6) is -0.269. The van der Waals surface area contributed by atoms with Crippen molar-refractivity contribution in [3.05, 3.63) is 57.6 Å². The van der Waals surface area contributed by atoms with E-state index in [0.717, 1.165) is 35.2 Å². The second kappa shape index (κ2) is 4.19. The zero-order valence-corrected chi connectivity index (χ0v) is 11.6. The minimum Gasteiger partial charge on any atom is -0.422 e. The molecule has 0 radical (unpaired) electrons. The largest absolute Gasteiger partial charge is 0.422 e. The molecule has 1 aromatic heterocycles. The molecule has 0 fully saturated rings. The Morgan fingerprint density at radius 1 is 1.29 bits per heavy atom. The Kier molecular flexibility index (Phi) is 2.42. The van der Waals surface area contributed by atoms with Gasteiger partial charge in [-0.3, -0.25) is 4.79 Å². The maximum absolute atomic E-state index is 12.0. The van der Waals surface area contributed by atoms with Crippen LogP contribution in [0, 0.1) is 0 Å². The van der Waals surface area contributed by atoms with Crippen molar-refractivity contribution in [1.29, 1.82) is 0 Å². The van der Waals surface area contributed by atoms with Crippen molar-refractivity contribution in [3.8, 4) is 0 Å². The summed E-state index contributed by atoms with van der Waals surface area (Å²) in [7, 11) is 0. The van der Waals surface area contributed by atoms with Gasteiger partial charge >= 0.3 is 5.63 Å². The van der Waals surface area contributed by atoms with E-state index in [4.69, 9.17) is 4.42 Å². The number of fused-ring (bicyclic) bond motifs is 2. The van der Waals surface area contributed by atoms with Crippen LogP contribution in [0.1, 0.15) is 28.4 Å². The van der Waals surface area contributed by atoms with Gasteiger partial charge < -0.3 is 9.32 Å². The molecule has 0 spiro atoms. The van der Waals surface area contributed by atoms with Crippen LogP contribution in [0.4, 0.5) is 5.69 Å². The van der Waals surface area contributed by atoms with E-state index in [9.17, 15) is 9.59 Å². The van der Waals surface area contributed by atoms with E-state index in [1.165, 1.54) is 6.92 Å². The Morgan fingerprint density at radius 3 is 2.95 bits per heavy atom.